The van der Waals surface area contributed by atoms with Gasteiger partial charge in [-0.25, -0.2) is 0 Å². The standard InChI is InChI=1S/C17H16BrNO3S/c1-11(17(20)19-13-4-2-12(18)3-5-13)23-14-6-7-15-16(10-14)22-9-8-21-15/h2-7,10-11H,8-9H2,1H3,(H,19,20)/t11-/m0/s1. The van der Waals surface area contributed by atoms with Crippen LogP contribution in [0, 0.1) is 0 Å². The third-order valence-electron chi connectivity index (χ3n) is 3.31. The molecule has 0 unspecified atom stereocenters. The van der Waals surface area contributed by atoms with Crippen molar-refractivity contribution in [2.45, 2.75) is 17.1 Å². The molecule has 120 valence electrons. The molecule has 0 saturated carbocycles. The number of nitrogens with one attached hydrogen (secondary N) is 1. The van der Waals surface area contributed by atoms with E-state index in [0.29, 0.717) is 13.2 Å². The van der Waals surface area contributed by atoms with Gasteiger partial charge in [-0.3, -0.25) is 4.79 Å². The minimum atomic E-state index is -0.221. The van der Waals surface area contributed by atoms with Crippen LogP contribution in [-0.4, -0.2) is 24.4 Å². The number of amides is 1. The third-order valence-corrected chi connectivity index (χ3v) is 4.93. The molecule has 0 bridgehead atoms. The van der Waals surface area contributed by atoms with E-state index < -0.39 is 0 Å². The highest BCUT2D eigenvalue weighted by Gasteiger charge is 2.17. The first-order valence-electron chi connectivity index (χ1n) is 7.24. The van der Waals surface area contributed by atoms with Gasteiger partial charge in [0.15, 0.2) is 11.5 Å². The maximum absolute atomic E-state index is 12.3. The van der Waals surface area contributed by atoms with Gasteiger partial charge in [-0.05, 0) is 49.4 Å². The van der Waals surface area contributed by atoms with Crippen LogP contribution < -0.4 is 14.8 Å². The fourth-order valence-electron chi connectivity index (χ4n) is 2.13. The molecule has 1 heterocycles. The quantitative estimate of drug-likeness (QED) is 0.784. The zero-order valence-corrected chi connectivity index (χ0v) is 14.9. The molecule has 0 radical (unpaired) electrons. The number of ether oxygens (including phenoxy) is 2. The van der Waals surface area contributed by atoms with Crippen LogP contribution in [0.25, 0.3) is 0 Å². The van der Waals surface area contributed by atoms with Crippen LogP contribution in [0.3, 0.4) is 0 Å². The lowest BCUT2D eigenvalue weighted by molar-refractivity contribution is -0.115. The number of hydrogen-bond donors (Lipinski definition) is 1. The minimum absolute atomic E-state index is 0.0350. The van der Waals surface area contributed by atoms with Crippen LogP contribution in [0.15, 0.2) is 51.8 Å². The summed E-state index contributed by atoms with van der Waals surface area (Å²) in [6.45, 7) is 3.02. The van der Waals surface area contributed by atoms with Crippen molar-refractivity contribution >= 4 is 39.3 Å². The molecule has 4 nitrogen and oxygen atoms in total. The summed E-state index contributed by atoms with van der Waals surface area (Å²) < 4.78 is 12.1. The van der Waals surface area contributed by atoms with E-state index in [-0.39, 0.29) is 11.2 Å². The summed E-state index contributed by atoms with van der Waals surface area (Å²) in [4.78, 5) is 13.3. The molecule has 23 heavy (non-hydrogen) atoms. The monoisotopic (exact) mass is 393 g/mol. The molecule has 0 aliphatic carbocycles. The lowest BCUT2D eigenvalue weighted by Gasteiger charge is -2.19. The van der Waals surface area contributed by atoms with Crippen molar-refractivity contribution in [1.29, 1.82) is 0 Å². The third kappa shape index (κ3) is 4.20. The van der Waals surface area contributed by atoms with E-state index in [9.17, 15) is 4.79 Å². The van der Waals surface area contributed by atoms with Crippen molar-refractivity contribution in [3.8, 4) is 11.5 Å². The van der Waals surface area contributed by atoms with E-state index in [1.165, 1.54) is 11.8 Å². The zero-order chi connectivity index (χ0) is 16.2. The molecular weight excluding hydrogens is 378 g/mol. The second kappa shape index (κ2) is 7.27. The summed E-state index contributed by atoms with van der Waals surface area (Å²) in [5.41, 5.74) is 0.785. The molecule has 1 atom stereocenters. The Kier molecular flexibility index (Phi) is 5.13. The largest absolute Gasteiger partial charge is 0.486 e. The lowest BCUT2D eigenvalue weighted by atomic mass is 10.3. The second-order valence-electron chi connectivity index (χ2n) is 5.06. The molecule has 0 saturated heterocycles. The molecule has 2 aromatic carbocycles. The number of anilines is 1. The summed E-state index contributed by atoms with van der Waals surface area (Å²) >= 11 is 4.87. The van der Waals surface area contributed by atoms with Gasteiger partial charge in [-0.1, -0.05) is 15.9 Å². The van der Waals surface area contributed by atoms with Crippen LogP contribution >= 0.6 is 27.7 Å². The van der Waals surface area contributed by atoms with E-state index in [1.807, 2.05) is 49.4 Å². The van der Waals surface area contributed by atoms with Gasteiger partial charge >= 0.3 is 0 Å². The van der Waals surface area contributed by atoms with E-state index in [0.717, 1.165) is 26.6 Å². The van der Waals surface area contributed by atoms with Crippen molar-refractivity contribution in [3.63, 3.8) is 0 Å². The Morgan fingerprint density at radius 2 is 1.83 bits per heavy atom. The average Bonchev–Trinajstić information content (AvgIpc) is 2.56. The van der Waals surface area contributed by atoms with Gasteiger partial charge in [0.25, 0.3) is 0 Å². The van der Waals surface area contributed by atoms with Crippen molar-refractivity contribution < 1.29 is 14.3 Å². The van der Waals surface area contributed by atoms with Gasteiger partial charge in [0.05, 0.1) is 5.25 Å². The Balaban J connectivity index is 1.62. The Hall–Kier alpha value is -1.66. The van der Waals surface area contributed by atoms with E-state index >= 15 is 0 Å². The maximum Gasteiger partial charge on any atom is 0.237 e. The SMILES string of the molecule is C[C@H](Sc1ccc2c(c1)OCCO2)C(=O)Nc1ccc(Br)cc1. The Morgan fingerprint density at radius 3 is 2.57 bits per heavy atom. The molecule has 0 fully saturated rings. The van der Waals surface area contributed by atoms with Crippen molar-refractivity contribution in [3.05, 3.63) is 46.9 Å². The molecule has 2 aromatic rings. The predicted molar refractivity (Wildman–Crippen MR) is 95.5 cm³/mol. The number of rotatable bonds is 4. The van der Waals surface area contributed by atoms with E-state index in [2.05, 4.69) is 21.2 Å². The first kappa shape index (κ1) is 16.2. The lowest BCUT2D eigenvalue weighted by Crippen LogP contribution is -2.22. The van der Waals surface area contributed by atoms with E-state index in [1.54, 1.807) is 0 Å². The van der Waals surface area contributed by atoms with Crippen molar-refractivity contribution in [2.24, 2.45) is 0 Å². The normalized spacial score (nSPS) is 14.2. The summed E-state index contributed by atoms with van der Waals surface area (Å²) in [6, 6.07) is 13.3. The highest BCUT2D eigenvalue weighted by atomic mass is 79.9. The Bertz CT molecular complexity index is 705. The summed E-state index contributed by atoms with van der Waals surface area (Å²) in [5, 5.41) is 2.69. The molecule has 1 aliphatic heterocycles. The number of benzene rings is 2. The number of fused-ring (bicyclic) bond motifs is 1. The fraction of sp³-hybridized carbons (Fsp3) is 0.235. The highest BCUT2D eigenvalue weighted by molar-refractivity contribution is 9.10. The number of carbonyl (C=O) groups excluding carboxylic acids is 1. The molecule has 0 spiro atoms. The van der Waals surface area contributed by atoms with Gasteiger partial charge in [0.1, 0.15) is 13.2 Å². The van der Waals surface area contributed by atoms with Gasteiger partial charge < -0.3 is 14.8 Å². The smallest absolute Gasteiger partial charge is 0.237 e. The summed E-state index contributed by atoms with van der Waals surface area (Å²) in [6.07, 6.45) is 0. The molecular formula is C17H16BrNO3S. The minimum Gasteiger partial charge on any atom is -0.486 e. The van der Waals surface area contributed by atoms with Crippen molar-refractivity contribution in [1.82, 2.24) is 0 Å². The Morgan fingerprint density at radius 1 is 1.13 bits per heavy atom. The van der Waals surface area contributed by atoms with E-state index in [4.69, 9.17) is 9.47 Å². The fourth-order valence-corrected chi connectivity index (χ4v) is 3.29. The topological polar surface area (TPSA) is 47.6 Å². The molecule has 1 N–H and O–H groups in total. The van der Waals surface area contributed by atoms with Gasteiger partial charge in [-0.2, -0.15) is 0 Å². The number of hydrogen-bond acceptors (Lipinski definition) is 4. The van der Waals surface area contributed by atoms with Gasteiger partial charge in [0, 0.05) is 15.1 Å². The first-order valence-corrected chi connectivity index (χ1v) is 8.92. The van der Waals surface area contributed by atoms with Crippen LogP contribution in [0.2, 0.25) is 0 Å². The van der Waals surface area contributed by atoms with Crippen molar-refractivity contribution in [2.75, 3.05) is 18.5 Å². The number of carbonyl (C=O) groups is 1. The maximum atomic E-state index is 12.3. The van der Waals surface area contributed by atoms with Crippen LogP contribution in [0.4, 0.5) is 5.69 Å². The zero-order valence-electron chi connectivity index (χ0n) is 12.5. The number of thioether (sulfide) groups is 1. The van der Waals surface area contributed by atoms with Crippen LogP contribution in [0.5, 0.6) is 11.5 Å². The molecule has 3 rings (SSSR count). The molecule has 0 aromatic heterocycles. The second-order valence-corrected chi connectivity index (χ2v) is 7.39. The molecule has 1 aliphatic rings. The van der Waals surface area contributed by atoms with Crippen LogP contribution in [0.1, 0.15) is 6.92 Å². The molecule has 1 amide bonds. The predicted octanol–water partition coefficient (Wildman–Crippen LogP) is 4.34. The summed E-state index contributed by atoms with van der Waals surface area (Å²) in [7, 11) is 0. The molecule has 6 heteroatoms. The Labute approximate surface area is 147 Å². The summed E-state index contributed by atoms with van der Waals surface area (Å²) in [5.74, 6) is 1.46. The van der Waals surface area contributed by atoms with Gasteiger partial charge in [-0.15, -0.1) is 11.8 Å². The number of halogens is 1. The van der Waals surface area contributed by atoms with Gasteiger partial charge in [0.2, 0.25) is 5.91 Å². The first-order chi connectivity index (χ1) is 11.1. The highest BCUT2D eigenvalue weighted by Crippen LogP contribution is 2.35. The average molecular weight is 394 g/mol. The van der Waals surface area contributed by atoms with Crippen LogP contribution in [-0.2, 0) is 4.79 Å².